The molecule has 10 heavy (non-hydrogen) atoms. The van der Waals surface area contributed by atoms with Crippen molar-refractivity contribution < 1.29 is 4.79 Å². The summed E-state index contributed by atoms with van der Waals surface area (Å²) >= 11 is 12.4. The third-order valence-electron chi connectivity index (χ3n) is 1.00. The van der Waals surface area contributed by atoms with Crippen LogP contribution in [0.15, 0.2) is 12.8 Å². The molecule has 0 bridgehead atoms. The van der Waals surface area contributed by atoms with Crippen LogP contribution in [0.1, 0.15) is 6.42 Å². The number of amides is 1. The second-order valence-electron chi connectivity index (χ2n) is 1.81. The van der Waals surface area contributed by atoms with Crippen LogP contribution in [0.3, 0.4) is 0 Å². The quantitative estimate of drug-likeness (QED) is 0.475. The maximum Gasteiger partial charge on any atom is 0.240 e. The molecule has 1 fully saturated rings. The Kier molecular flexibility index (Phi) is 2.18. The van der Waals surface area contributed by atoms with Crippen molar-refractivity contribution in [3.63, 3.8) is 0 Å². The van der Waals surface area contributed by atoms with Crippen molar-refractivity contribution in [1.82, 2.24) is 4.31 Å². The third-order valence-corrected chi connectivity index (χ3v) is 2.64. The smallest absolute Gasteiger partial charge is 0.240 e. The molecule has 1 amide bonds. The van der Waals surface area contributed by atoms with Crippen molar-refractivity contribution in [2.75, 3.05) is 0 Å². The van der Waals surface area contributed by atoms with E-state index in [1.165, 1.54) is 10.5 Å². The predicted molar refractivity (Wildman–Crippen MR) is 43.7 cm³/mol. The molecule has 1 aliphatic rings. The first kappa shape index (κ1) is 8.24. The number of rotatable bonds is 1. The molecule has 0 N–H and O–H groups in total. The second kappa shape index (κ2) is 2.64. The van der Waals surface area contributed by atoms with Crippen molar-refractivity contribution in [2.45, 2.75) is 10.1 Å². The molecule has 0 saturated carbocycles. The van der Waals surface area contributed by atoms with E-state index < -0.39 is 3.67 Å². The standard InChI is InChI=1S/C5H5Cl2NOS/c1-2-8-4(9)3-5(6,7)10-8/h2H,1,3H2. The van der Waals surface area contributed by atoms with Gasteiger partial charge in [-0.25, -0.2) is 0 Å². The van der Waals surface area contributed by atoms with E-state index in [2.05, 4.69) is 6.58 Å². The first-order valence-electron chi connectivity index (χ1n) is 2.57. The summed E-state index contributed by atoms with van der Waals surface area (Å²) in [4.78, 5) is 10.9. The number of carbonyl (C=O) groups excluding carboxylic acids is 1. The molecule has 56 valence electrons. The number of hydrogen-bond acceptors (Lipinski definition) is 2. The van der Waals surface area contributed by atoms with Gasteiger partial charge in [-0.2, -0.15) is 0 Å². The fourth-order valence-electron chi connectivity index (χ4n) is 0.620. The van der Waals surface area contributed by atoms with Crippen LogP contribution in [0.25, 0.3) is 0 Å². The molecule has 0 atom stereocenters. The lowest BCUT2D eigenvalue weighted by molar-refractivity contribution is -0.123. The molecule has 0 aromatic rings. The molecular weight excluding hydrogens is 193 g/mol. The second-order valence-corrected chi connectivity index (χ2v) is 5.01. The Bertz CT molecular complexity index is 182. The number of halogens is 2. The van der Waals surface area contributed by atoms with E-state index in [9.17, 15) is 4.79 Å². The zero-order chi connectivity index (χ0) is 7.78. The minimum absolute atomic E-state index is 0.106. The first-order chi connectivity index (χ1) is 4.55. The molecule has 0 aliphatic carbocycles. The molecule has 1 saturated heterocycles. The van der Waals surface area contributed by atoms with Crippen molar-refractivity contribution in [3.05, 3.63) is 12.8 Å². The van der Waals surface area contributed by atoms with Gasteiger partial charge in [-0.1, -0.05) is 29.8 Å². The Balaban J connectivity index is 2.70. The number of nitrogens with zero attached hydrogens (tertiary/aromatic N) is 1. The summed E-state index contributed by atoms with van der Waals surface area (Å²) in [7, 11) is 0. The molecule has 0 radical (unpaired) electrons. The zero-order valence-corrected chi connectivity index (χ0v) is 7.34. The van der Waals surface area contributed by atoms with E-state index >= 15 is 0 Å². The minimum Gasteiger partial charge on any atom is -0.273 e. The van der Waals surface area contributed by atoms with Gasteiger partial charge in [0.1, 0.15) is 0 Å². The van der Waals surface area contributed by atoms with Crippen molar-refractivity contribution in [2.24, 2.45) is 0 Å². The van der Waals surface area contributed by atoms with E-state index in [0.717, 1.165) is 11.9 Å². The summed E-state index contributed by atoms with van der Waals surface area (Å²) in [6.45, 7) is 3.43. The molecule has 1 aliphatic heterocycles. The summed E-state index contributed by atoms with van der Waals surface area (Å²) < 4.78 is 0.339. The summed E-state index contributed by atoms with van der Waals surface area (Å²) in [5.74, 6) is -0.106. The van der Waals surface area contributed by atoms with Crippen LogP contribution in [0, 0.1) is 0 Å². The third kappa shape index (κ3) is 1.59. The predicted octanol–water partition coefficient (Wildman–Crippen LogP) is 2.14. The number of hydrogen-bond donors (Lipinski definition) is 0. The lowest BCUT2D eigenvalue weighted by atomic mass is 10.4. The van der Waals surface area contributed by atoms with Gasteiger partial charge in [0.2, 0.25) is 5.91 Å². The van der Waals surface area contributed by atoms with E-state index in [4.69, 9.17) is 23.2 Å². The fraction of sp³-hybridized carbons (Fsp3) is 0.400. The van der Waals surface area contributed by atoms with E-state index in [0.29, 0.717) is 0 Å². The van der Waals surface area contributed by atoms with Crippen molar-refractivity contribution >= 4 is 41.1 Å². The molecular formula is C5H5Cl2NOS. The molecule has 0 aromatic carbocycles. The van der Waals surface area contributed by atoms with Gasteiger partial charge >= 0.3 is 0 Å². The van der Waals surface area contributed by atoms with E-state index in [1.54, 1.807) is 0 Å². The highest BCUT2D eigenvalue weighted by atomic mass is 35.5. The topological polar surface area (TPSA) is 20.3 Å². The SMILES string of the molecule is C=CN1SC(Cl)(Cl)CC1=O. The lowest BCUT2D eigenvalue weighted by Crippen LogP contribution is -2.09. The first-order valence-corrected chi connectivity index (χ1v) is 4.10. The normalized spacial score (nSPS) is 23.4. The maximum absolute atomic E-state index is 10.9. The summed E-state index contributed by atoms with van der Waals surface area (Å²) in [5.41, 5.74) is 0. The summed E-state index contributed by atoms with van der Waals surface area (Å²) in [6.07, 6.45) is 1.55. The monoisotopic (exact) mass is 197 g/mol. The largest absolute Gasteiger partial charge is 0.273 e. The Morgan fingerprint density at radius 1 is 1.80 bits per heavy atom. The van der Waals surface area contributed by atoms with E-state index in [1.807, 2.05) is 0 Å². The lowest BCUT2D eigenvalue weighted by Gasteiger charge is -2.09. The van der Waals surface area contributed by atoms with Gasteiger partial charge in [-0.3, -0.25) is 9.10 Å². The average molecular weight is 198 g/mol. The van der Waals surface area contributed by atoms with Crippen LogP contribution >= 0.6 is 35.1 Å². The fourth-order valence-corrected chi connectivity index (χ4v) is 2.01. The van der Waals surface area contributed by atoms with Crippen LogP contribution in [-0.4, -0.2) is 13.9 Å². The van der Waals surface area contributed by atoms with Crippen LogP contribution in [0.2, 0.25) is 0 Å². The highest BCUT2D eigenvalue weighted by Gasteiger charge is 2.40. The molecule has 0 aromatic heterocycles. The van der Waals surface area contributed by atoms with Crippen LogP contribution in [-0.2, 0) is 4.79 Å². The molecule has 1 heterocycles. The summed E-state index contributed by atoms with van der Waals surface area (Å²) in [5, 5.41) is 0. The Morgan fingerprint density at radius 2 is 2.40 bits per heavy atom. The minimum atomic E-state index is -0.995. The van der Waals surface area contributed by atoms with Gasteiger partial charge < -0.3 is 0 Å². The average Bonchev–Trinajstić information content (AvgIpc) is 2.05. The van der Waals surface area contributed by atoms with Gasteiger partial charge in [-0.05, 0) is 11.9 Å². The van der Waals surface area contributed by atoms with Gasteiger partial charge in [-0.15, -0.1) is 0 Å². The number of carbonyl (C=O) groups is 1. The van der Waals surface area contributed by atoms with E-state index in [-0.39, 0.29) is 12.3 Å². The van der Waals surface area contributed by atoms with Crippen LogP contribution < -0.4 is 0 Å². The maximum atomic E-state index is 10.9. The zero-order valence-electron chi connectivity index (χ0n) is 5.01. The summed E-state index contributed by atoms with van der Waals surface area (Å²) in [6, 6.07) is 0. The van der Waals surface area contributed by atoms with Crippen molar-refractivity contribution in [1.29, 1.82) is 0 Å². The Morgan fingerprint density at radius 3 is 2.60 bits per heavy atom. The molecule has 0 unspecified atom stereocenters. The molecule has 1 rings (SSSR count). The Hall–Kier alpha value is 0.140. The van der Waals surface area contributed by atoms with Crippen LogP contribution in [0.4, 0.5) is 0 Å². The molecule has 5 heteroatoms. The van der Waals surface area contributed by atoms with Crippen LogP contribution in [0.5, 0.6) is 0 Å². The molecule has 0 spiro atoms. The molecule has 2 nitrogen and oxygen atoms in total. The van der Waals surface area contributed by atoms with Gasteiger partial charge in [0, 0.05) is 6.20 Å². The number of alkyl halides is 2. The van der Waals surface area contributed by atoms with Gasteiger partial charge in [0.15, 0.2) is 3.67 Å². The highest BCUT2D eigenvalue weighted by molar-refractivity contribution is 8.02. The Labute approximate surface area is 73.3 Å². The van der Waals surface area contributed by atoms with Gasteiger partial charge in [0.05, 0.1) is 6.42 Å². The van der Waals surface area contributed by atoms with Gasteiger partial charge in [0.25, 0.3) is 0 Å². The highest BCUT2D eigenvalue weighted by Crippen LogP contribution is 2.46. The van der Waals surface area contributed by atoms with Crippen molar-refractivity contribution in [3.8, 4) is 0 Å².